The number of hydrogen-bond donors (Lipinski definition) is 1. The van der Waals surface area contributed by atoms with Crippen LogP contribution in [0.5, 0.6) is 0 Å². The number of benzene rings is 1. The monoisotopic (exact) mass is 371 g/mol. The van der Waals surface area contributed by atoms with Gasteiger partial charge in [0.1, 0.15) is 0 Å². The highest BCUT2D eigenvalue weighted by molar-refractivity contribution is 5.71. The Balaban J connectivity index is 1.96. The Labute approximate surface area is 160 Å². The van der Waals surface area contributed by atoms with Crippen LogP contribution in [0.1, 0.15) is 56.5 Å². The zero-order valence-corrected chi connectivity index (χ0v) is 16.7. The summed E-state index contributed by atoms with van der Waals surface area (Å²) in [5.41, 5.74) is 2.86. The summed E-state index contributed by atoms with van der Waals surface area (Å²) in [6, 6.07) is 6.24. The van der Waals surface area contributed by atoms with Gasteiger partial charge in [-0.05, 0) is 74.4 Å². The third kappa shape index (κ3) is 4.18. The number of carbonyl (C=O) groups is 1. The van der Waals surface area contributed by atoms with E-state index in [0.29, 0.717) is 12.5 Å². The average molecular weight is 371 g/mol. The van der Waals surface area contributed by atoms with Crippen molar-refractivity contribution in [2.75, 3.05) is 13.2 Å². The van der Waals surface area contributed by atoms with Gasteiger partial charge in [0.15, 0.2) is 5.82 Å². The van der Waals surface area contributed by atoms with Crippen molar-refractivity contribution in [3.05, 3.63) is 35.2 Å². The van der Waals surface area contributed by atoms with Crippen LogP contribution in [-0.2, 0) is 15.1 Å². The molecule has 0 atom stereocenters. The first kappa shape index (κ1) is 19.5. The van der Waals surface area contributed by atoms with E-state index in [2.05, 4.69) is 59.8 Å². The predicted molar refractivity (Wildman–Crippen MR) is 103 cm³/mol. The minimum Gasteiger partial charge on any atom is -0.465 e. The SMILES string of the molecule is CCOC(=O)CNC1(c2nnnn2-c2ccc(C)cc2C)CCC(C)CC1. The van der Waals surface area contributed by atoms with Crippen LogP contribution in [0, 0.1) is 19.8 Å². The maximum Gasteiger partial charge on any atom is 0.319 e. The van der Waals surface area contributed by atoms with E-state index in [4.69, 9.17) is 4.74 Å². The van der Waals surface area contributed by atoms with Gasteiger partial charge in [-0.25, -0.2) is 0 Å². The molecule has 1 aromatic heterocycles. The smallest absolute Gasteiger partial charge is 0.319 e. The van der Waals surface area contributed by atoms with Crippen LogP contribution in [0.4, 0.5) is 0 Å². The van der Waals surface area contributed by atoms with E-state index in [1.165, 1.54) is 5.56 Å². The number of ether oxygens (including phenoxy) is 1. The number of carbonyl (C=O) groups excluding carboxylic acids is 1. The summed E-state index contributed by atoms with van der Waals surface area (Å²) >= 11 is 0. The normalized spacial score (nSPS) is 22.6. The fourth-order valence-corrected chi connectivity index (χ4v) is 3.88. The predicted octanol–water partition coefficient (Wildman–Crippen LogP) is 2.84. The van der Waals surface area contributed by atoms with Crippen molar-refractivity contribution in [3.8, 4) is 5.69 Å². The van der Waals surface area contributed by atoms with Crippen molar-refractivity contribution in [2.45, 2.75) is 58.9 Å². The van der Waals surface area contributed by atoms with Crippen molar-refractivity contribution in [2.24, 2.45) is 5.92 Å². The van der Waals surface area contributed by atoms with Gasteiger partial charge in [-0.15, -0.1) is 5.10 Å². The number of nitrogens with zero attached hydrogens (tertiary/aromatic N) is 4. The maximum absolute atomic E-state index is 12.0. The van der Waals surface area contributed by atoms with Gasteiger partial charge in [-0.2, -0.15) is 4.68 Å². The zero-order valence-electron chi connectivity index (χ0n) is 16.7. The Kier molecular flexibility index (Phi) is 5.89. The molecule has 0 amide bonds. The first-order valence-corrected chi connectivity index (χ1v) is 9.72. The van der Waals surface area contributed by atoms with Crippen LogP contribution >= 0.6 is 0 Å². The summed E-state index contributed by atoms with van der Waals surface area (Å²) < 4.78 is 6.93. The highest BCUT2D eigenvalue weighted by Crippen LogP contribution is 2.39. The molecule has 1 saturated carbocycles. The summed E-state index contributed by atoms with van der Waals surface area (Å²) in [5.74, 6) is 1.18. The second kappa shape index (κ2) is 8.17. The minimum absolute atomic E-state index is 0.155. The van der Waals surface area contributed by atoms with Crippen molar-refractivity contribution < 1.29 is 9.53 Å². The Morgan fingerprint density at radius 2 is 2.07 bits per heavy atom. The molecule has 7 heteroatoms. The average Bonchev–Trinajstić information content (AvgIpc) is 3.12. The highest BCUT2D eigenvalue weighted by Gasteiger charge is 2.41. The van der Waals surface area contributed by atoms with E-state index >= 15 is 0 Å². The van der Waals surface area contributed by atoms with E-state index < -0.39 is 5.54 Å². The standard InChI is InChI=1S/C20H29N5O2/c1-5-27-18(26)13-21-20(10-8-14(2)9-11-20)19-22-23-24-25(19)17-7-6-15(3)12-16(17)4/h6-7,12,14,21H,5,8-11,13H2,1-4H3. The molecule has 1 heterocycles. The first-order valence-electron chi connectivity index (χ1n) is 9.72. The molecule has 1 aromatic carbocycles. The summed E-state index contributed by atoms with van der Waals surface area (Å²) in [6.45, 7) is 8.75. The molecule has 0 radical (unpaired) electrons. The third-order valence-electron chi connectivity index (χ3n) is 5.48. The van der Waals surface area contributed by atoms with Gasteiger partial charge in [-0.3, -0.25) is 10.1 Å². The quantitative estimate of drug-likeness (QED) is 0.787. The minimum atomic E-state index is -0.430. The van der Waals surface area contributed by atoms with Gasteiger partial charge in [0, 0.05) is 0 Å². The molecule has 0 spiro atoms. The summed E-state index contributed by atoms with van der Waals surface area (Å²) in [7, 11) is 0. The van der Waals surface area contributed by atoms with Gasteiger partial charge < -0.3 is 4.74 Å². The number of aromatic nitrogens is 4. The Morgan fingerprint density at radius 1 is 1.33 bits per heavy atom. The lowest BCUT2D eigenvalue weighted by atomic mass is 9.76. The molecule has 1 aliphatic rings. The molecule has 0 bridgehead atoms. The molecule has 0 saturated heterocycles. The van der Waals surface area contributed by atoms with Crippen LogP contribution in [0.25, 0.3) is 5.69 Å². The van der Waals surface area contributed by atoms with Crippen LogP contribution in [0.15, 0.2) is 18.2 Å². The number of esters is 1. The highest BCUT2D eigenvalue weighted by atomic mass is 16.5. The molecule has 1 N–H and O–H groups in total. The summed E-state index contributed by atoms with van der Waals surface area (Å²) in [5, 5.41) is 16.1. The van der Waals surface area contributed by atoms with Crippen molar-refractivity contribution in [1.82, 2.24) is 25.5 Å². The topological polar surface area (TPSA) is 81.9 Å². The van der Waals surface area contributed by atoms with Crippen molar-refractivity contribution in [3.63, 3.8) is 0 Å². The van der Waals surface area contributed by atoms with Crippen molar-refractivity contribution >= 4 is 5.97 Å². The van der Waals surface area contributed by atoms with Crippen LogP contribution in [-0.4, -0.2) is 39.3 Å². The number of nitrogens with one attached hydrogen (secondary N) is 1. The second-order valence-corrected chi connectivity index (χ2v) is 7.63. The molecule has 0 unspecified atom stereocenters. The molecule has 2 aromatic rings. The van der Waals surface area contributed by atoms with E-state index in [0.717, 1.165) is 42.8 Å². The van der Waals surface area contributed by atoms with E-state index in [1.54, 1.807) is 0 Å². The van der Waals surface area contributed by atoms with Gasteiger partial charge in [0.25, 0.3) is 0 Å². The van der Waals surface area contributed by atoms with Crippen molar-refractivity contribution in [1.29, 1.82) is 0 Å². The lowest BCUT2D eigenvalue weighted by molar-refractivity contribution is -0.142. The number of tetrazole rings is 1. The third-order valence-corrected chi connectivity index (χ3v) is 5.48. The van der Waals surface area contributed by atoms with E-state index in [-0.39, 0.29) is 12.5 Å². The molecular formula is C20H29N5O2. The molecular weight excluding hydrogens is 342 g/mol. The van der Waals surface area contributed by atoms with E-state index in [9.17, 15) is 4.79 Å². The molecule has 27 heavy (non-hydrogen) atoms. The first-order chi connectivity index (χ1) is 12.9. The van der Waals surface area contributed by atoms with Gasteiger partial charge in [0.05, 0.1) is 24.4 Å². The summed E-state index contributed by atoms with van der Waals surface area (Å²) in [6.07, 6.45) is 3.91. The van der Waals surface area contributed by atoms with E-state index in [1.807, 2.05) is 11.6 Å². The largest absolute Gasteiger partial charge is 0.465 e. The van der Waals surface area contributed by atoms with Gasteiger partial charge in [-0.1, -0.05) is 24.6 Å². The Morgan fingerprint density at radius 3 is 2.74 bits per heavy atom. The van der Waals surface area contributed by atoms with Gasteiger partial charge in [0.2, 0.25) is 0 Å². The van der Waals surface area contributed by atoms with Gasteiger partial charge >= 0.3 is 5.97 Å². The van der Waals surface area contributed by atoms with Crippen LogP contribution < -0.4 is 5.32 Å². The second-order valence-electron chi connectivity index (χ2n) is 7.63. The number of hydrogen-bond acceptors (Lipinski definition) is 6. The van der Waals surface area contributed by atoms with Crippen LogP contribution in [0.2, 0.25) is 0 Å². The molecule has 1 aliphatic carbocycles. The number of rotatable bonds is 6. The molecule has 3 rings (SSSR count). The van der Waals surface area contributed by atoms with Crippen LogP contribution in [0.3, 0.4) is 0 Å². The fraction of sp³-hybridized carbons (Fsp3) is 0.600. The summed E-state index contributed by atoms with van der Waals surface area (Å²) in [4.78, 5) is 12.0. The Hall–Kier alpha value is -2.28. The maximum atomic E-state index is 12.0. The molecule has 0 aliphatic heterocycles. The zero-order chi connectivity index (χ0) is 19.4. The molecule has 146 valence electrons. The molecule has 1 fully saturated rings. The Bertz CT molecular complexity index is 793. The lowest BCUT2D eigenvalue weighted by Gasteiger charge is -2.39. The fourth-order valence-electron chi connectivity index (χ4n) is 3.88. The molecule has 7 nitrogen and oxygen atoms in total. The number of aryl methyl sites for hydroxylation is 2. The lowest BCUT2D eigenvalue weighted by Crippen LogP contribution is -2.49.